The van der Waals surface area contributed by atoms with E-state index in [9.17, 15) is 0 Å². The van der Waals surface area contributed by atoms with Crippen molar-refractivity contribution in [3.05, 3.63) is 11.9 Å². The van der Waals surface area contributed by atoms with Crippen LogP contribution in [0.5, 0.6) is 0 Å². The van der Waals surface area contributed by atoms with Crippen LogP contribution in [-0.2, 0) is 11.3 Å². The lowest BCUT2D eigenvalue weighted by Gasteiger charge is -2.23. The van der Waals surface area contributed by atoms with Gasteiger partial charge in [-0.25, -0.2) is 9.97 Å². The molecule has 3 rings (SSSR count). The summed E-state index contributed by atoms with van der Waals surface area (Å²) in [5.41, 5.74) is 0. The van der Waals surface area contributed by atoms with E-state index in [1.54, 1.807) is 0 Å². The molecule has 3 unspecified atom stereocenters. The Morgan fingerprint density at radius 1 is 1.19 bits per heavy atom. The van der Waals surface area contributed by atoms with Gasteiger partial charge in [0.2, 0.25) is 0 Å². The summed E-state index contributed by atoms with van der Waals surface area (Å²) in [5, 5.41) is 6.92. The van der Waals surface area contributed by atoms with Crippen molar-refractivity contribution in [3.8, 4) is 0 Å². The molecule has 1 aromatic heterocycles. The molecule has 2 aliphatic carbocycles. The van der Waals surface area contributed by atoms with E-state index in [2.05, 4.69) is 27.5 Å². The van der Waals surface area contributed by atoms with E-state index < -0.39 is 0 Å². The van der Waals surface area contributed by atoms with Gasteiger partial charge in [-0.1, -0.05) is 6.42 Å². The minimum Gasteiger partial charge on any atom is -0.374 e. The SMILES string of the molecule is CCNc1cc(NC2CC3CCC2C3)nc(COCC)n1. The Balaban J connectivity index is 1.71. The van der Waals surface area contributed by atoms with Crippen molar-refractivity contribution in [2.75, 3.05) is 23.8 Å². The zero-order chi connectivity index (χ0) is 14.7. The lowest BCUT2D eigenvalue weighted by Crippen LogP contribution is -2.26. The maximum atomic E-state index is 5.45. The molecule has 116 valence electrons. The lowest BCUT2D eigenvalue weighted by molar-refractivity contribution is 0.128. The summed E-state index contributed by atoms with van der Waals surface area (Å²) in [6.07, 6.45) is 5.49. The van der Waals surface area contributed by atoms with Gasteiger partial charge < -0.3 is 15.4 Å². The molecule has 0 saturated heterocycles. The van der Waals surface area contributed by atoms with Crippen LogP contribution in [0.15, 0.2) is 6.07 Å². The number of hydrogen-bond acceptors (Lipinski definition) is 5. The minimum atomic E-state index is 0.473. The predicted molar refractivity (Wildman–Crippen MR) is 84.4 cm³/mol. The monoisotopic (exact) mass is 290 g/mol. The maximum absolute atomic E-state index is 5.45. The first kappa shape index (κ1) is 14.6. The quantitative estimate of drug-likeness (QED) is 0.808. The second kappa shape index (κ2) is 6.60. The van der Waals surface area contributed by atoms with Crippen molar-refractivity contribution in [3.63, 3.8) is 0 Å². The molecule has 2 aliphatic rings. The van der Waals surface area contributed by atoms with E-state index in [-0.39, 0.29) is 0 Å². The van der Waals surface area contributed by atoms with Crippen LogP contribution < -0.4 is 10.6 Å². The third-order valence-corrected chi connectivity index (χ3v) is 4.64. The predicted octanol–water partition coefficient (Wildman–Crippen LogP) is 3.05. The van der Waals surface area contributed by atoms with E-state index in [4.69, 9.17) is 4.74 Å². The van der Waals surface area contributed by atoms with Gasteiger partial charge in [-0.2, -0.15) is 0 Å². The van der Waals surface area contributed by atoms with Gasteiger partial charge in [-0.15, -0.1) is 0 Å². The number of ether oxygens (including phenoxy) is 1. The first-order chi connectivity index (χ1) is 10.3. The highest BCUT2D eigenvalue weighted by Gasteiger charge is 2.39. The van der Waals surface area contributed by atoms with Crippen LogP contribution >= 0.6 is 0 Å². The van der Waals surface area contributed by atoms with E-state index in [1.807, 2.05) is 13.0 Å². The Morgan fingerprint density at radius 2 is 2.05 bits per heavy atom. The fourth-order valence-electron chi connectivity index (χ4n) is 3.71. The molecule has 0 radical (unpaired) electrons. The van der Waals surface area contributed by atoms with Gasteiger partial charge in [0.05, 0.1) is 0 Å². The van der Waals surface area contributed by atoms with Crippen molar-refractivity contribution < 1.29 is 4.74 Å². The topological polar surface area (TPSA) is 59.1 Å². The molecule has 3 atom stereocenters. The first-order valence-electron chi connectivity index (χ1n) is 8.24. The Kier molecular flexibility index (Phi) is 4.58. The molecule has 1 aromatic rings. The fraction of sp³-hybridized carbons (Fsp3) is 0.750. The summed E-state index contributed by atoms with van der Waals surface area (Å²) in [5.74, 6) is 4.34. The summed E-state index contributed by atoms with van der Waals surface area (Å²) < 4.78 is 5.45. The van der Waals surface area contributed by atoms with E-state index >= 15 is 0 Å². The Bertz CT molecular complexity index is 479. The highest BCUT2D eigenvalue weighted by Crippen LogP contribution is 2.45. The smallest absolute Gasteiger partial charge is 0.158 e. The van der Waals surface area contributed by atoms with Crippen molar-refractivity contribution >= 4 is 11.6 Å². The molecule has 0 aromatic carbocycles. The van der Waals surface area contributed by atoms with Gasteiger partial charge in [0.25, 0.3) is 0 Å². The van der Waals surface area contributed by atoms with Crippen LogP contribution in [0.1, 0.15) is 45.4 Å². The highest BCUT2D eigenvalue weighted by molar-refractivity contribution is 5.48. The summed E-state index contributed by atoms with van der Waals surface area (Å²) in [6.45, 7) is 6.08. The molecule has 21 heavy (non-hydrogen) atoms. The second-order valence-corrected chi connectivity index (χ2v) is 6.15. The molecule has 2 fully saturated rings. The lowest BCUT2D eigenvalue weighted by atomic mass is 9.95. The summed E-state index contributed by atoms with van der Waals surface area (Å²) in [4.78, 5) is 9.11. The molecule has 1 heterocycles. The molecule has 0 spiro atoms. The fourth-order valence-corrected chi connectivity index (χ4v) is 3.71. The molecular weight excluding hydrogens is 264 g/mol. The molecule has 2 bridgehead atoms. The number of nitrogens with zero attached hydrogens (tertiary/aromatic N) is 2. The van der Waals surface area contributed by atoms with Crippen LogP contribution in [0.2, 0.25) is 0 Å². The minimum absolute atomic E-state index is 0.473. The standard InChI is InChI=1S/C16H26N4O/c1-3-17-14-9-15(20-16(19-14)10-21-4-2)18-13-8-11-5-6-12(13)7-11/h9,11-13H,3-8,10H2,1-2H3,(H2,17,18,19,20). The Hall–Kier alpha value is -1.36. The van der Waals surface area contributed by atoms with Crippen molar-refractivity contribution in [2.45, 2.75) is 52.2 Å². The van der Waals surface area contributed by atoms with Crippen molar-refractivity contribution in [1.82, 2.24) is 9.97 Å². The van der Waals surface area contributed by atoms with Gasteiger partial charge in [-0.05, 0) is 44.9 Å². The number of nitrogens with one attached hydrogen (secondary N) is 2. The molecule has 5 heteroatoms. The molecule has 2 saturated carbocycles. The third-order valence-electron chi connectivity index (χ3n) is 4.64. The summed E-state index contributed by atoms with van der Waals surface area (Å²) in [7, 11) is 0. The number of hydrogen-bond donors (Lipinski definition) is 2. The van der Waals surface area contributed by atoms with E-state index in [0.29, 0.717) is 19.3 Å². The third kappa shape index (κ3) is 3.46. The van der Waals surface area contributed by atoms with E-state index in [1.165, 1.54) is 25.7 Å². The molecule has 2 N–H and O–H groups in total. The van der Waals surface area contributed by atoms with Crippen LogP contribution in [0.3, 0.4) is 0 Å². The number of anilines is 2. The van der Waals surface area contributed by atoms with Gasteiger partial charge in [0.1, 0.15) is 18.2 Å². The molecular formula is C16H26N4O. The van der Waals surface area contributed by atoms with Gasteiger partial charge in [0.15, 0.2) is 5.82 Å². The van der Waals surface area contributed by atoms with Gasteiger partial charge in [-0.3, -0.25) is 0 Å². The zero-order valence-electron chi connectivity index (χ0n) is 13.1. The Morgan fingerprint density at radius 3 is 2.71 bits per heavy atom. The summed E-state index contributed by atoms with van der Waals surface area (Å²) in [6, 6.07) is 2.61. The maximum Gasteiger partial charge on any atom is 0.158 e. The van der Waals surface area contributed by atoms with Crippen LogP contribution in [-0.4, -0.2) is 29.2 Å². The van der Waals surface area contributed by atoms with Gasteiger partial charge >= 0.3 is 0 Å². The second-order valence-electron chi connectivity index (χ2n) is 6.15. The highest BCUT2D eigenvalue weighted by atomic mass is 16.5. The normalized spacial score (nSPS) is 27.0. The molecule has 0 amide bonds. The summed E-state index contributed by atoms with van der Waals surface area (Å²) >= 11 is 0. The zero-order valence-corrected chi connectivity index (χ0v) is 13.1. The number of aromatic nitrogens is 2. The van der Waals surface area contributed by atoms with Crippen LogP contribution in [0, 0.1) is 11.8 Å². The number of rotatable bonds is 7. The van der Waals surface area contributed by atoms with Crippen LogP contribution in [0.25, 0.3) is 0 Å². The van der Waals surface area contributed by atoms with Crippen LogP contribution in [0.4, 0.5) is 11.6 Å². The average Bonchev–Trinajstić information content (AvgIpc) is 3.08. The largest absolute Gasteiger partial charge is 0.374 e. The van der Waals surface area contributed by atoms with Crippen molar-refractivity contribution in [2.24, 2.45) is 11.8 Å². The van der Waals surface area contributed by atoms with E-state index in [0.717, 1.165) is 35.8 Å². The number of fused-ring (bicyclic) bond motifs is 2. The Labute approximate surface area is 126 Å². The average molecular weight is 290 g/mol. The molecule has 5 nitrogen and oxygen atoms in total. The van der Waals surface area contributed by atoms with Crippen molar-refractivity contribution in [1.29, 1.82) is 0 Å². The molecule has 0 aliphatic heterocycles. The first-order valence-corrected chi connectivity index (χ1v) is 8.24. The van der Waals surface area contributed by atoms with Gasteiger partial charge in [0, 0.05) is 25.3 Å².